The van der Waals surface area contributed by atoms with Crippen molar-refractivity contribution in [1.29, 1.82) is 0 Å². The molecule has 0 spiro atoms. The Labute approximate surface area is 105 Å². The van der Waals surface area contributed by atoms with Gasteiger partial charge < -0.3 is 9.64 Å². The number of carbonyl (C=O) groups excluding carboxylic acids is 1. The molecule has 1 atom stereocenters. The molecule has 1 aromatic rings. The molecule has 6 heteroatoms. The first-order valence-corrected chi connectivity index (χ1v) is 5.70. The number of hydrogen-bond acceptors (Lipinski definition) is 3. The van der Waals surface area contributed by atoms with Crippen LogP contribution in [0.15, 0.2) is 29.4 Å². The van der Waals surface area contributed by atoms with Crippen molar-refractivity contribution in [3.63, 3.8) is 0 Å². The Morgan fingerprint density at radius 3 is 3.17 bits per heavy atom. The molecule has 1 aliphatic rings. The van der Waals surface area contributed by atoms with Crippen LogP contribution >= 0.6 is 0 Å². The number of methoxy groups -OCH3 is 1. The van der Waals surface area contributed by atoms with Crippen molar-refractivity contribution in [2.24, 2.45) is 11.0 Å². The van der Waals surface area contributed by atoms with Crippen molar-refractivity contribution < 1.29 is 9.53 Å². The van der Waals surface area contributed by atoms with Gasteiger partial charge in [0.2, 0.25) is 5.91 Å². The van der Waals surface area contributed by atoms with Crippen LogP contribution in [0.5, 0.6) is 5.75 Å². The fourth-order valence-electron chi connectivity index (χ4n) is 2.08. The second-order valence-electron chi connectivity index (χ2n) is 4.19. The van der Waals surface area contributed by atoms with Crippen molar-refractivity contribution in [2.45, 2.75) is 6.42 Å². The van der Waals surface area contributed by atoms with E-state index in [1.807, 2.05) is 24.3 Å². The number of ether oxygens (including phenoxy) is 1. The topological polar surface area (TPSA) is 78.3 Å². The molecule has 0 aromatic heterocycles. The Morgan fingerprint density at radius 2 is 2.44 bits per heavy atom. The van der Waals surface area contributed by atoms with Gasteiger partial charge in [0.1, 0.15) is 5.75 Å². The van der Waals surface area contributed by atoms with E-state index >= 15 is 0 Å². The van der Waals surface area contributed by atoms with E-state index in [-0.39, 0.29) is 11.8 Å². The maximum atomic E-state index is 11.9. The molecule has 0 saturated carbocycles. The molecule has 1 aromatic carbocycles. The number of nitrogens with zero attached hydrogens (tertiary/aromatic N) is 4. The third kappa shape index (κ3) is 2.55. The van der Waals surface area contributed by atoms with E-state index in [1.54, 1.807) is 12.0 Å². The number of carbonyl (C=O) groups is 1. The van der Waals surface area contributed by atoms with E-state index in [9.17, 15) is 4.79 Å². The molecule has 0 radical (unpaired) electrons. The average molecular weight is 246 g/mol. The van der Waals surface area contributed by atoms with Gasteiger partial charge in [-0.25, -0.2) is 0 Å². The molecule has 1 amide bonds. The molecule has 6 nitrogen and oxygen atoms in total. The maximum absolute atomic E-state index is 11.9. The second kappa shape index (κ2) is 5.42. The summed E-state index contributed by atoms with van der Waals surface area (Å²) < 4.78 is 5.14. The molecular formula is C12H14N4O2. The maximum Gasteiger partial charge on any atom is 0.227 e. The smallest absolute Gasteiger partial charge is 0.227 e. The molecule has 1 fully saturated rings. The van der Waals surface area contributed by atoms with E-state index in [1.165, 1.54) is 0 Å². The monoisotopic (exact) mass is 246 g/mol. The number of rotatable bonds is 4. The summed E-state index contributed by atoms with van der Waals surface area (Å²) in [6, 6.07) is 7.38. The van der Waals surface area contributed by atoms with Crippen LogP contribution in [0.3, 0.4) is 0 Å². The lowest BCUT2D eigenvalue weighted by Crippen LogP contribution is -2.24. The lowest BCUT2D eigenvalue weighted by molar-refractivity contribution is -0.117. The molecule has 0 bridgehead atoms. The van der Waals surface area contributed by atoms with Crippen LogP contribution in [0.25, 0.3) is 10.4 Å². The van der Waals surface area contributed by atoms with E-state index in [0.29, 0.717) is 19.5 Å². The van der Waals surface area contributed by atoms with Crippen LogP contribution in [-0.2, 0) is 4.79 Å². The van der Waals surface area contributed by atoms with Gasteiger partial charge in [-0.05, 0) is 23.6 Å². The van der Waals surface area contributed by atoms with Crippen molar-refractivity contribution >= 4 is 11.6 Å². The van der Waals surface area contributed by atoms with E-state index in [4.69, 9.17) is 10.3 Å². The number of benzene rings is 1. The molecule has 1 heterocycles. The van der Waals surface area contributed by atoms with Crippen LogP contribution in [0.1, 0.15) is 6.42 Å². The van der Waals surface area contributed by atoms with Gasteiger partial charge in [0.05, 0.1) is 7.11 Å². The number of azide groups is 1. The molecule has 18 heavy (non-hydrogen) atoms. The molecule has 94 valence electrons. The van der Waals surface area contributed by atoms with Crippen molar-refractivity contribution in [3.05, 3.63) is 34.7 Å². The third-order valence-electron chi connectivity index (χ3n) is 2.97. The Bertz CT molecular complexity index is 497. The van der Waals surface area contributed by atoms with Gasteiger partial charge in [-0.15, -0.1) is 0 Å². The van der Waals surface area contributed by atoms with Gasteiger partial charge in [0.15, 0.2) is 0 Å². The van der Waals surface area contributed by atoms with Crippen LogP contribution in [0.2, 0.25) is 0 Å². The van der Waals surface area contributed by atoms with Gasteiger partial charge in [0.25, 0.3) is 0 Å². The molecule has 0 N–H and O–H groups in total. The van der Waals surface area contributed by atoms with Crippen molar-refractivity contribution in [2.75, 3.05) is 25.1 Å². The summed E-state index contributed by atoms with van der Waals surface area (Å²) in [6.45, 7) is 0.952. The van der Waals surface area contributed by atoms with Crippen LogP contribution < -0.4 is 9.64 Å². The standard InChI is InChI=1S/C12H14N4O2/c1-18-11-4-2-3-10(6-11)16-8-9(5-12(16)17)7-14-15-13/h2-4,6,9H,5,7-8H2,1H3. The first-order chi connectivity index (χ1) is 8.74. The highest BCUT2D eigenvalue weighted by Gasteiger charge is 2.30. The minimum atomic E-state index is 0.0568. The first kappa shape index (κ1) is 12.3. The highest BCUT2D eigenvalue weighted by molar-refractivity contribution is 5.95. The minimum absolute atomic E-state index is 0.0568. The van der Waals surface area contributed by atoms with Crippen LogP contribution in [-0.4, -0.2) is 26.1 Å². The Kier molecular flexibility index (Phi) is 3.69. The highest BCUT2D eigenvalue weighted by atomic mass is 16.5. The molecule has 2 rings (SSSR count). The number of anilines is 1. The van der Waals surface area contributed by atoms with Gasteiger partial charge in [-0.3, -0.25) is 4.79 Å². The summed E-state index contributed by atoms with van der Waals surface area (Å²) in [7, 11) is 1.59. The zero-order chi connectivity index (χ0) is 13.0. The molecule has 0 aliphatic carbocycles. The van der Waals surface area contributed by atoms with Crippen molar-refractivity contribution in [3.8, 4) is 5.75 Å². The second-order valence-corrected chi connectivity index (χ2v) is 4.19. The third-order valence-corrected chi connectivity index (χ3v) is 2.97. The van der Waals surface area contributed by atoms with Gasteiger partial charge in [0, 0.05) is 36.2 Å². The molecular weight excluding hydrogens is 232 g/mol. The highest BCUT2D eigenvalue weighted by Crippen LogP contribution is 2.27. The molecule has 1 saturated heterocycles. The lowest BCUT2D eigenvalue weighted by atomic mass is 10.1. The van der Waals surface area contributed by atoms with Crippen LogP contribution in [0.4, 0.5) is 5.69 Å². The normalized spacial score (nSPS) is 18.6. The average Bonchev–Trinajstić information content (AvgIpc) is 2.77. The Morgan fingerprint density at radius 1 is 1.61 bits per heavy atom. The largest absolute Gasteiger partial charge is 0.497 e. The summed E-state index contributed by atoms with van der Waals surface area (Å²) in [4.78, 5) is 16.3. The van der Waals surface area contributed by atoms with E-state index in [0.717, 1.165) is 11.4 Å². The number of hydrogen-bond donors (Lipinski definition) is 0. The van der Waals surface area contributed by atoms with E-state index < -0.39 is 0 Å². The number of amides is 1. The van der Waals surface area contributed by atoms with Gasteiger partial charge in [-0.2, -0.15) is 0 Å². The van der Waals surface area contributed by atoms with Crippen LogP contribution in [0, 0.1) is 5.92 Å². The fourth-order valence-corrected chi connectivity index (χ4v) is 2.08. The first-order valence-electron chi connectivity index (χ1n) is 5.70. The van der Waals surface area contributed by atoms with Gasteiger partial charge in [-0.1, -0.05) is 11.2 Å². The molecule has 1 unspecified atom stereocenters. The van der Waals surface area contributed by atoms with E-state index in [2.05, 4.69) is 10.0 Å². The Balaban J connectivity index is 2.13. The fraction of sp³-hybridized carbons (Fsp3) is 0.417. The quantitative estimate of drug-likeness (QED) is 0.464. The SMILES string of the molecule is COc1cccc(N2CC(CN=[N+]=[N-])CC2=O)c1. The Hall–Kier alpha value is -2.20. The van der Waals surface area contributed by atoms with Gasteiger partial charge >= 0.3 is 0 Å². The summed E-state index contributed by atoms with van der Waals surface area (Å²) in [5.41, 5.74) is 9.11. The minimum Gasteiger partial charge on any atom is -0.497 e. The zero-order valence-electron chi connectivity index (χ0n) is 10.1. The lowest BCUT2D eigenvalue weighted by Gasteiger charge is -2.17. The predicted molar refractivity (Wildman–Crippen MR) is 67.5 cm³/mol. The summed E-state index contributed by atoms with van der Waals surface area (Å²) >= 11 is 0. The predicted octanol–water partition coefficient (Wildman–Crippen LogP) is 2.36. The van der Waals surface area contributed by atoms with Crippen molar-refractivity contribution in [1.82, 2.24) is 0 Å². The molecule has 1 aliphatic heterocycles. The summed E-state index contributed by atoms with van der Waals surface area (Å²) in [5, 5.41) is 3.53. The summed E-state index contributed by atoms with van der Waals surface area (Å²) in [5.74, 6) is 0.875. The summed E-state index contributed by atoms with van der Waals surface area (Å²) in [6.07, 6.45) is 0.427. The zero-order valence-corrected chi connectivity index (χ0v) is 10.1.